The van der Waals surface area contributed by atoms with Crippen molar-refractivity contribution in [1.82, 2.24) is 5.32 Å². The molecule has 2 rings (SSSR count). The number of hydrogen-bond acceptors (Lipinski definition) is 4. The molecule has 2 atom stereocenters. The quantitative estimate of drug-likeness (QED) is 0.824. The summed E-state index contributed by atoms with van der Waals surface area (Å²) >= 11 is 9.18. The van der Waals surface area contributed by atoms with Crippen LogP contribution in [0, 0.1) is 0 Å². The SMILES string of the molecule is CC(Oc1ccc(Cl)cc1Br)C(=O)NCC1(O)CCOC1. The predicted octanol–water partition coefficient (Wildman–Crippen LogP) is 2.14. The maximum Gasteiger partial charge on any atom is 0.260 e. The zero-order valence-corrected chi connectivity index (χ0v) is 13.9. The van der Waals surface area contributed by atoms with Crippen LogP contribution < -0.4 is 10.1 Å². The van der Waals surface area contributed by atoms with Gasteiger partial charge in [-0.25, -0.2) is 0 Å². The van der Waals surface area contributed by atoms with Crippen molar-refractivity contribution in [2.75, 3.05) is 19.8 Å². The third-order valence-electron chi connectivity index (χ3n) is 3.24. The topological polar surface area (TPSA) is 67.8 Å². The first-order valence-electron chi connectivity index (χ1n) is 6.59. The van der Waals surface area contributed by atoms with Gasteiger partial charge >= 0.3 is 0 Å². The molecule has 7 heteroatoms. The summed E-state index contributed by atoms with van der Waals surface area (Å²) in [5, 5.41) is 13.3. The fraction of sp³-hybridized carbons (Fsp3) is 0.500. The van der Waals surface area contributed by atoms with Crippen LogP contribution in [0.15, 0.2) is 22.7 Å². The molecule has 1 aromatic carbocycles. The van der Waals surface area contributed by atoms with Gasteiger partial charge in [-0.2, -0.15) is 0 Å². The molecule has 5 nitrogen and oxygen atoms in total. The maximum absolute atomic E-state index is 12.0. The maximum atomic E-state index is 12.0. The number of hydrogen-bond donors (Lipinski definition) is 2. The predicted molar refractivity (Wildman–Crippen MR) is 82.6 cm³/mol. The van der Waals surface area contributed by atoms with Gasteiger partial charge in [0, 0.05) is 24.6 Å². The Morgan fingerprint density at radius 3 is 3.05 bits per heavy atom. The minimum atomic E-state index is -0.976. The highest BCUT2D eigenvalue weighted by Gasteiger charge is 2.33. The van der Waals surface area contributed by atoms with Crippen molar-refractivity contribution in [3.05, 3.63) is 27.7 Å². The lowest BCUT2D eigenvalue weighted by Gasteiger charge is -2.22. The molecule has 1 heterocycles. The lowest BCUT2D eigenvalue weighted by molar-refractivity contribution is -0.128. The summed E-state index contributed by atoms with van der Waals surface area (Å²) < 4.78 is 11.4. The number of carbonyl (C=O) groups is 1. The molecule has 21 heavy (non-hydrogen) atoms. The Morgan fingerprint density at radius 1 is 1.67 bits per heavy atom. The molecule has 1 fully saturated rings. The van der Waals surface area contributed by atoms with E-state index in [2.05, 4.69) is 21.2 Å². The molecule has 1 saturated heterocycles. The number of carbonyl (C=O) groups excluding carboxylic acids is 1. The summed E-state index contributed by atoms with van der Waals surface area (Å²) in [6.07, 6.45) is -0.168. The van der Waals surface area contributed by atoms with E-state index in [-0.39, 0.29) is 19.1 Å². The van der Waals surface area contributed by atoms with Gasteiger partial charge in [0.25, 0.3) is 5.91 Å². The van der Waals surface area contributed by atoms with Crippen LogP contribution in [0.1, 0.15) is 13.3 Å². The van der Waals surface area contributed by atoms with Crippen LogP contribution in [0.4, 0.5) is 0 Å². The monoisotopic (exact) mass is 377 g/mol. The van der Waals surface area contributed by atoms with E-state index in [0.717, 1.165) is 0 Å². The van der Waals surface area contributed by atoms with Crippen molar-refractivity contribution in [2.24, 2.45) is 0 Å². The van der Waals surface area contributed by atoms with Crippen LogP contribution in [0.5, 0.6) is 5.75 Å². The summed E-state index contributed by atoms with van der Waals surface area (Å²) in [5.41, 5.74) is -0.976. The average Bonchev–Trinajstić information content (AvgIpc) is 2.86. The molecule has 0 bridgehead atoms. The normalized spacial score (nSPS) is 22.9. The molecular formula is C14H17BrClNO4. The largest absolute Gasteiger partial charge is 0.480 e. The van der Waals surface area contributed by atoms with E-state index in [9.17, 15) is 9.90 Å². The van der Waals surface area contributed by atoms with Crippen molar-refractivity contribution in [1.29, 1.82) is 0 Å². The number of nitrogens with one attached hydrogen (secondary N) is 1. The second kappa shape index (κ2) is 6.96. The molecule has 0 aromatic heterocycles. The van der Waals surface area contributed by atoms with Crippen LogP contribution in [0.25, 0.3) is 0 Å². The minimum Gasteiger partial charge on any atom is -0.480 e. The summed E-state index contributed by atoms with van der Waals surface area (Å²) in [7, 11) is 0. The second-order valence-corrected chi connectivity index (χ2v) is 6.37. The van der Waals surface area contributed by atoms with Gasteiger partial charge in [-0.15, -0.1) is 0 Å². The van der Waals surface area contributed by atoms with Gasteiger partial charge < -0.3 is 19.9 Å². The first-order chi connectivity index (χ1) is 9.89. The number of amides is 1. The van der Waals surface area contributed by atoms with Crippen molar-refractivity contribution >= 4 is 33.4 Å². The number of ether oxygens (including phenoxy) is 2. The zero-order valence-electron chi connectivity index (χ0n) is 11.6. The van der Waals surface area contributed by atoms with E-state index in [4.69, 9.17) is 21.1 Å². The molecule has 1 aliphatic rings. The molecule has 0 radical (unpaired) electrons. The van der Waals surface area contributed by atoms with Gasteiger partial charge in [-0.3, -0.25) is 4.79 Å². The Labute approximate surface area is 136 Å². The smallest absolute Gasteiger partial charge is 0.260 e. The fourth-order valence-corrected chi connectivity index (χ4v) is 2.72. The summed E-state index contributed by atoms with van der Waals surface area (Å²) in [6.45, 7) is 2.55. The standard InChI is InChI=1S/C14H17BrClNO4/c1-9(21-12-3-2-10(16)6-11(12)15)13(18)17-7-14(19)4-5-20-8-14/h2-3,6,9,19H,4-5,7-8H2,1H3,(H,17,18). The highest BCUT2D eigenvalue weighted by molar-refractivity contribution is 9.10. The fourth-order valence-electron chi connectivity index (χ4n) is 1.95. The molecule has 0 saturated carbocycles. The first kappa shape index (κ1) is 16.5. The van der Waals surface area contributed by atoms with Crippen LogP contribution in [-0.4, -0.2) is 42.5 Å². The Bertz CT molecular complexity index is 520. The summed E-state index contributed by atoms with van der Waals surface area (Å²) in [4.78, 5) is 12.0. The Hall–Kier alpha value is -0.820. The summed E-state index contributed by atoms with van der Waals surface area (Å²) in [5.74, 6) is 0.238. The molecule has 0 aliphatic carbocycles. The third-order valence-corrected chi connectivity index (χ3v) is 4.10. The molecule has 2 N–H and O–H groups in total. The van der Waals surface area contributed by atoms with Gasteiger partial charge in [0.2, 0.25) is 0 Å². The van der Waals surface area contributed by atoms with Crippen LogP contribution >= 0.6 is 27.5 Å². The van der Waals surface area contributed by atoms with Gasteiger partial charge in [0.1, 0.15) is 11.4 Å². The molecule has 1 aliphatic heterocycles. The number of halogens is 2. The number of benzene rings is 1. The van der Waals surface area contributed by atoms with Gasteiger partial charge in [0.05, 0.1) is 11.1 Å². The van der Waals surface area contributed by atoms with E-state index >= 15 is 0 Å². The zero-order chi connectivity index (χ0) is 15.5. The Kier molecular flexibility index (Phi) is 5.48. The average molecular weight is 379 g/mol. The van der Waals surface area contributed by atoms with Gasteiger partial charge in [-0.05, 0) is 41.1 Å². The van der Waals surface area contributed by atoms with Gasteiger partial charge in [-0.1, -0.05) is 11.6 Å². The lowest BCUT2D eigenvalue weighted by atomic mass is 10.0. The molecule has 1 amide bonds. The molecule has 116 valence electrons. The van der Waals surface area contributed by atoms with Crippen LogP contribution in [0.3, 0.4) is 0 Å². The van der Waals surface area contributed by atoms with Crippen molar-refractivity contribution < 1.29 is 19.4 Å². The van der Waals surface area contributed by atoms with E-state index in [1.54, 1.807) is 25.1 Å². The van der Waals surface area contributed by atoms with E-state index in [1.807, 2.05) is 0 Å². The van der Waals surface area contributed by atoms with Crippen LogP contribution in [0.2, 0.25) is 5.02 Å². The van der Waals surface area contributed by atoms with E-state index < -0.39 is 11.7 Å². The van der Waals surface area contributed by atoms with Crippen LogP contribution in [-0.2, 0) is 9.53 Å². The molecular weight excluding hydrogens is 362 g/mol. The lowest BCUT2D eigenvalue weighted by Crippen LogP contribution is -2.47. The minimum absolute atomic E-state index is 0.154. The highest BCUT2D eigenvalue weighted by atomic mass is 79.9. The molecule has 2 unspecified atom stereocenters. The van der Waals surface area contributed by atoms with Gasteiger partial charge in [0.15, 0.2) is 6.10 Å². The molecule has 1 aromatic rings. The van der Waals surface area contributed by atoms with Crippen molar-refractivity contribution in [2.45, 2.75) is 25.0 Å². The number of aliphatic hydroxyl groups is 1. The van der Waals surface area contributed by atoms with E-state index in [1.165, 1.54) is 0 Å². The van der Waals surface area contributed by atoms with Crippen molar-refractivity contribution in [3.8, 4) is 5.75 Å². The molecule has 0 spiro atoms. The van der Waals surface area contributed by atoms with E-state index in [0.29, 0.717) is 28.3 Å². The highest BCUT2D eigenvalue weighted by Crippen LogP contribution is 2.28. The number of rotatable bonds is 5. The Balaban J connectivity index is 1.87. The van der Waals surface area contributed by atoms with Crippen molar-refractivity contribution in [3.63, 3.8) is 0 Å². The first-order valence-corrected chi connectivity index (χ1v) is 7.76. The summed E-state index contributed by atoms with van der Waals surface area (Å²) in [6, 6.07) is 5.07. The second-order valence-electron chi connectivity index (χ2n) is 5.08. The Morgan fingerprint density at radius 2 is 2.43 bits per heavy atom. The third kappa shape index (κ3) is 4.57.